The molecule has 1 aliphatic rings. The standard InChI is InChI=1S/C11H20F3N3O/c1-17(9-4-2-3-5-9)7-6-15-10(18)16-8-11(12,13)14/h9H,2-8H2,1H3,(H2,15,16,18). The summed E-state index contributed by atoms with van der Waals surface area (Å²) in [5.74, 6) is 0. The second-order valence-electron chi connectivity index (χ2n) is 4.64. The van der Waals surface area contributed by atoms with Gasteiger partial charge in [-0.15, -0.1) is 0 Å². The van der Waals surface area contributed by atoms with Crippen LogP contribution >= 0.6 is 0 Å². The predicted molar refractivity (Wildman–Crippen MR) is 62.3 cm³/mol. The highest BCUT2D eigenvalue weighted by atomic mass is 19.4. The van der Waals surface area contributed by atoms with Gasteiger partial charge in [0.15, 0.2) is 0 Å². The summed E-state index contributed by atoms with van der Waals surface area (Å²) in [5, 5.41) is 4.19. The lowest BCUT2D eigenvalue weighted by atomic mass is 10.2. The molecule has 0 heterocycles. The molecule has 0 aliphatic heterocycles. The third-order valence-electron chi connectivity index (χ3n) is 3.15. The van der Waals surface area contributed by atoms with Crippen LogP contribution in [0.2, 0.25) is 0 Å². The summed E-state index contributed by atoms with van der Waals surface area (Å²) >= 11 is 0. The molecule has 0 aromatic carbocycles. The van der Waals surface area contributed by atoms with Crippen LogP contribution in [-0.2, 0) is 0 Å². The minimum Gasteiger partial charge on any atom is -0.337 e. The van der Waals surface area contributed by atoms with Crippen LogP contribution in [0.15, 0.2) is 0 Å². The number of hydrogen-bond donors (Lipinski definition) is 2. The number of halogens is 3. The van der Waals surface area contributed by atoms with Crippen molar-refractivity contribution < 1.29 is 18.0 Å². The number of hydrogen-bond acceptors (Lipinski definition) is 2. The van der Waals surface area contributed by atoms with Crippen molar-refractivity contribution in [2.45, 2.75) is 37.9 Å². The van der Waals surface area contributed by atoms with Crippen molar-refractivity contribution in [1.29, 1.82) is 0 Å². The van der Waals surface area contributed by atoms with Crippen molar-refractivity contribution in [2.24, 2.45) is 0 Å². The SMILES string of the molecule is CN(CCNC(=O)NCC(F)(F)F)C1CCCC1. The lowest BCUT2D eigenvalue weighted by molar-refractivity contribution is -0.122. The van der Waals surface area contributed by atoms with Crippen molar-refractivity contribution in [3.8, 4) is 0 Å². The maximum atomic E-state index is 11.8. The third-order valence-corrected chi connectivity index (χ3v) is 3.15. The highest BCUT2D eigenvalue weighted by molar-refractivity contribution is 5.73. The van der Waals surface area contributed by atoms with Crippen LogP contribution < -0.4 is 10.6 Å². The summed E-state index contributed by atoms with van der Waals surface area (Å²) in [5.41, 5.74) is 0. The number of nitrogens with one attached hydrogen (secondary N) is 2. The van der Waals surface area contributed by atoms with Gasteiger partial charge >= 0.3 is 12.2 Å². The first-order valence-electron chi connectivity index (χ1n) is 6.17. The second-order valence-corrected chi connectivity index (χ2v) is 4.64. The van der Waals surface area contributed by atoms with Crippen LogP contribution in [0.3, 0.4) is 0 Å². The molecule has 1 rings (SSSR count). The largest absolute Gasteiger partial charge is 0.405 e. The molecule has 4 nitrogen and oxygen atoms in total. The number of carbonyl (C=O) groups is 1. The van der Waals surface area contributed by atoms with Crippen LogP contribution in [0, 0.1) is 0 Å². The molecule has 18 heavy (non-hydrogen) atoms. The van der Waals surface area contributed by atoms with Gasteiger partial charge in [-0.1, -0.05) is 12.8 Å². The Morgan fingerprint density at radius 2 is 1.89 bits per heavy atom. The van der Waals surface area contributed by atoms with Gasteiger partial charge in [-0.25, -0.2) is 4.79 Å². The molecule has 106 valence electrons. The molecule has 0 saturated heterocycles. The molecular weight excluding hydrogens is 247 g/mol. The summed E-state index contributed by atoms with van der Waals surface area (Å²) < 4.78 is 35.5. The Balaban J connectivity index is 2.07. The lowest BCUT2D eigenvalue weighted by Crippen LogP contribution is -2.44. The zero-order valence-corrected chi connectivity index (χ0v) is 10.5. The Labute approximate surface area is 105 Å². The normalized spacial score (nSPS) is 17.2. The summed E-state index contributed by atoms with van der Waals surface area (Å²) in [4.78, 5) is 13.2. The molecule has 2 amide bonds. The highest BCUT2D eigenvalue weighted by Crippen LogP contribution is 2.21. The van der Waals surface area contributed by atoms with Crippen molar-refractivity contribution in [3.63, 3.8) is 0 Å². The van der Waals surface area contributed by atoms with E-state index in [1.165, 1.54) is 12.8 Å². The molecule has 0 aromatic heterocycles. The number of likely N-dealkylation sites (N-methyl/N-ethyl adjacent to an activating group) is 1. The van der Waals surface area contributed by atoms with Crippen molar-refractivity contribution >= 4 is 6.03 Å². The summed E-state index contributed by atoms with van der Waals surface area (Å²) in [6, 6.07) is -0.225. The molecule has 0 radical (unpaired) electrons. The van der Waals surface area contributed by atoms with E-state index in [4.69, 9.17) is 0 Å². The van der Waals surface area contributed by atoms with Gasteiger partial charge in [0.05, 0.1) is 0 Å². The quantitative estimate of drug-likeness (QED) is 0.796. The molecule has 1 aliphatic carbocycles. The summed E-state index contributed by atoms with van der Waals surface area (Å²) in [7, 11) is 1.98. The minimum absolute atomic E-state index is 0.358. The van der Waals surface area contributed by atoms with E-state index in [1.54, 1.807) is 5.32 Å². The fourth-order valence-electron chi connectivity index (χ4n) is 2.12. The number of nitrogens with zero attached hydrogens (tertiary/aromatic N) is 1. The molecule has 0 bridgehead atoms. The maximum Gasteiger partial charge on any atom is 0.405 e. The average Bonchev–Trinajstić information content (AvgIpc) is 2.78. The van der Waals surface area contributed by atoms with Gasteiger partial charge in [0.25, 0.3) is 0 Å². The van der Waals surface area contributed by atoms with E-state index in [1.807, 2.05) is 7.05 Å². The first kappa shape index (κ1) is 15.1. The molecule has 0 aromatic rings. The van der Waals surface area contributed by atoms with E-state index in [0.717, 1.165) is 12.8 Å². The molecular formula is C11H20F3N3O. The van der Waals surface area contributed by atoms with Crippen molar-refractivity contribution in [3.05, 3.63) is 0 Å². The van der Waals surface area contributed by atoms with Gasteiger partial charge in [-0.05, 0) is 19.9 Å². The number of amides is 2. The Bertz CT molecular complexity index is 265. The zero-order valence-electron chi connectivity index (χ0n) is 10.5. The number of alkyl halides is 3. The summed E-state index contributed by atoms with van der Waals surface area (Å²) in [6.07, 6.45) is 0.425. The van der Waals surface area contributed by atoms with Crippen LogP contribution in [0.1, 0.15) is 25.7 Å². The first-order chi connectivity index (χ1) is 8.38. The van der Waals surface area contributed by atoms with Crippen LogP contribution in [-0.4, -0.2) is 49.8 Å². The molecule has 0 unspecified atom stereocenters. The van der Waals surface area contributed by atoms with Gasteiger partial charge < -0.3 is 15.5 Å². The molecule has 0 spiro atoms. The Morgan fingerprint density at radius 3 is 2.44 bits per heavy atom. The van der Waals surface area contributed by atoms with Crippen molar-refractivity contribution in [1.82, 2.24) is 15.5 Å². The van der Waals surface area contributed by atoms with E-state index in [-0.39, 0.29) is 0 Å². The number of urea groups is 1. The molecule has 7 heteroatoms. The van der Waals surface area contributed by atoms with Gasteiger partial charge in [-0.3, -0.25) is 0 Å². The van der Waals surface area contributed by atoms with Gasteiger partial charge in [0, 0.05) is 19.1 Å². The third kappa shape index (κ3) is 6.09. The van der Waals surface area contributed by atoms with E-state index in [0.29, 0.717) is 19.1 Å². The highest BCUT2D eigenvalue weighted by Gasteiger charge is 2.27. The Kier molecular flexibility index (Phi) is 5.71. The number of rotatable bonds is 5. The minimum atomic E-state index is -4.36. The topological polar surface area (TPSA) is 44.4 Å². The Hall–Kier alpha value is -0.980. The molecule has 1 saturated carbocycles. The fraction of sp³-hybridized carbons (Fsp3) is 0.909. The monoisotopic (exact) mass is 267 g/mol. The maximum absolute atomic E-state index is 11.8. The lowest BCUT2D eigenvalue weighted by Gasteiger charge is -2.23. The predicted octanol–water partition coefficient (Wildman–Crippen LogP) is 1.72. The van der Waals surface area contributed by atoms with E-state index < -0.39 is 18.8 Å². The first-order valence-corrected chi connectivity index (χ1v) is 6.17. The average molecular weight is 267 g/mol. The van der Waals surface area contributed by atoms with Gasteiger partial charge in [0.2, 0.25) is 0 Å². The zero-order chi connectivity index (χ0) is 13.6. The van der Waals surface area contributed by atoms with Crippen LogP contribution in [0.5, 0.6) is 0 Å². The number of carbonyl (C=O) groups excluding carboxylic acids is 1. The fourth-order valence-corrected chi connectivity index (χ4v) is 2.12. The van der Waals surface area contributed by atoms with Crippen molar-refractivity contribution in [2.75, 3.05) is 26.7 Å². The van der Waals surface area contributed by atoms with Gasteiger partial charge in [-0.2, -0.15) is 13.2 Å². The van der Waals surface area contributed by atoms with Gasteiger partial charge in [0.1, 0.15) is 6.54 Å². The second kappa shape index (κ2) is 6.82. The van der Waals surface area contributed by atoms with Crippen LogP contribution in [0.4, 0.5) is 18.0 Å². The molecule has 2 N–H and O–H groups in total. The van der Waals surface area contributed by atoms with E-state index in [9.17, 15) is 18.0 Å². The van der Waals surface area contributed by atoms with Crippen LogP contribution in [0.25, 0.3) is 0 Å². The Morgan fingerprint density at radius 1 is 1.28 bits per heavy atom. The smallest absolute Gasteiger partial charge is 0.337 e. The molecule has 1 fully saturated rings. The van der Waals surface area contributed by atoms with E-state index >= 15 is 0 Å². The molecule has 0 atom stereocenters. The summed E-state index contributed by atoms with van der Waals surface area (Å²) in [6.45, 7) is -0.280. The van der Waals surface area contributed by atoms with E-state index in [2.05, 4.69) is 10.2 Å².